The van der Waals surface area contributed by atoms with Crippen molar-refractivity contribution < 1.29 is 47.8 Å². The van der Waals surface area contributed by atoms with Crippen molar-refractivity contribution in [1.29, 1.82) is 0 Å². The van der Waals surface area contributed by atoms with Crippen LogP contribution in [-0.4, -0.2) is 158 Å². The normalized spacial score (nSPS) is 11.7. The fourth-order valence-corrected chi connectivity index (χ4v) is 6.27. The van der Waals surface area contributed by atoms with Crippen molar-refractivity contribution in [3.63, 3.8) is 0 Å². The molecule has 0 saturated carbocycles. The van der Waals surface area contributed by atoms with E-state index in [2.05, 4.69) is 40.5 Å². The molecule has 0 atom stereocenters. The zero-order chi connectivity index (χ0) is 38.1. The number of nitrogens with zero attached hydrogens (tertiary/aromatic N) is 8. The van der Waals surface area contributed by atoms with E-state index >= 15 is 0 Å². The van der Waals surface area contributed by atoms with Crippen LogP contribution in [0.25, 0.3) is 12.2 Å². The Morgan fingerprint density at radius 3 is 1.40 bits per heavy atom. The summed E-state index contributed by atoms with van der Waals surface area (Å²) >= 11 is 12.1. The number of benzene rings is 2. The van der Waals surface area contributed by atoms with E-state index in [0.717, 1.165) is 18.2 Å². The van der Waals surface area contributed by atoms with Gasteiger partial charge in [0.05, 0.1) is 31.3 Å². The SMILES string of the molecule is O=S(=O)([O-])c1cc(Nc2nc(Cl)nc(N(CCO)CCO)n2)ccc1C=Cc1ccc(Nc2nc(Cl)nc(N(CCO)CCO)n2)cc1S(=O)(=O)O.[H+].[NaH]. The fraction of sp³-hybridized carbons (Fsp3) is 0.286. The van der Waals surface area contributed by atoms with Crippen LogP contribution in [-0.2, 0) is 20.2 Å². The number of halogens is 2. The average Bonchev–Trinajstić information content (AvgIpc) is 3.06. The topological polar surface area (TPSA) is 300 Å². The second kappa shape index (κ2) is 19.8. The van der Waals surface area contributed by atoms with Crippen LogP contribution in [0.2, 0.25) is 10.6 Å². The molecule has 2 aromatic heterocycles. The predicted octanol–water partition coefficient (Wildman–Crippen LogP) is 0.218. The van der Waals surface area contributed by atoms with Gasteiger partial charge in [-0.3, -0.25) is 4.55 Å². The molecule has 25 heteroatoms. The number of anilines is 6. The fourth-order valence-electron chi connectivity index (χ4n) is 4.56. The first-order valence-electron chi connectivity index (χ1n) is 14.8. The summed E-state index contributed by atoms with van der Waals surface area (Å²) in [6, 6.07) is 7.32. The Labute approximate surface area is 336 Å². The van der Waals surface area contributed by atoms with Crippen molar-refractivity contribution in [3.05, 3.63) is 58.1 Å². The van der Waals surface area contributed by atoms with Crippen LogP contribution in [0, 0.1) is 0 Å². The molecule has 20 nitrogen and oxygen atoms in total. The number of aromatic nitrogens is 6. The number of nitrogens with one attached hydrogen (secondary N) is 2. The molecule has 4 rings (SSSR count). The number of aliphatic hydroxyl groups is 4. The van der Waals surface area contributed by atoms with Crippen LogP contribution in [0.3, 0.4) is 0 Å². The molecular weight excluding hydrogens is 794 g/mol. The molecule has 0 saturated heterocycles. The van der Waals surface area contributed by atoms with E-state index in [0.29, 0.717) is 0 Å². The standard InChI is InChI=1S/C28H32Cl2N10O10S2.Na.H/c29-23-33-25(37-27(35-23)39(7-11-41)8-12-42)31-19-5-3-17(21(15-19)51(45,46)47)1-2-18-4-6-20(16-22(18)52(48,49)50)32-26-34-24(30)36-28(38-26)40(9-13-43)10-14-44;;/h1-6,15-16,41-44H,7-14H2,(H,45,46,47)(H,48,49,50)(H,31,33,35,37)(H,32,34,36,38);;. The van der Waals surface area contributed by atoms with Crippen molar-refractivity contribution in [2.45, 2.75) is 9.79 Å². The van der Waals surface area contributed by atoms with E-state index in [1.807, 2.05) is 0 Å². The van der Waals surface area contributed by atoms with Gasteiger partial charge in [-0.05, 0) is 58.6 Å². The van der Waals surface area contributed by atoms with E-state index in [4.69, 9.17) is 23.2 Å². The van der Waals surface area contributed by atoms with Gasteiger partial charge in [-0.1, -0.05) is 24.3 Å². The number of rotatable bonds is 18. The molecule has 0 aliphatic heterocycles. The Morgan fingerprint density at radius 1 is 0.660 bits per heavy atom. The van der Waals surface area contributed by atoms with Gasteiger partial charge >= 0.3 is 31.0 Å². The second-order valence-electron chi connectivity index (χ2n) is 10.3. The van der Waals surface area contributed by atoms with Crippen LogP contribution in [0.15, 0.2) is 46.2 Å². The summed E-state index contributed by atoms with van der Waals surface area (Å²) in [5.74, 6) is -0.275. The summed E-state index contributed by atoms with van der Waals surface area (Å²) < 4.78 is 71.7. The summed E-state index contributed by atoms with van der Waals surface area (Å²) in [7, 11) is -10.0. The monoisotopic (exact) mass is 826 g/mol. The van der Waals surface area contributed by atoms with E-state index < -0.39 is 30.0 Å². The molecular formula is C28H33Cl2N10NaO10S2. The average molecular weight is 828 g/mol. The van der Waals surface area contributed by atoms with E-state index in [-0.39, 0.29) is 140 Å². The Hall–Kier alpha value is -3.36. The molecule has 7 N–H and O–H groups in total. The van der Waals surface area contributed by atoms with Crippen molar-refractivity contribution >= 4 is 120 Å². The minimum absolute atomic E-state index is 0. The summed E-state index contributed by atoms with van der Waals surface area (Å²) in [4.78, 5) is 25.7. The van der Waals surface area contributed by atoms with Crippen molar-refractivity contribution in [2.24, 2.45) is 0 Å². The van der Waals surface area contributed by atoms with Gasteiger partial charge in [-0.25, -0.2) is 8.42 Å². The zero-order valence-electron chi connectivity index (χ0n) is 27.7. The Kier molecular flexibility index (Phi) is 16.5. The van der Waals surface area contributed by atoms with E-state index in [1.54, 1.807) is 0 Å². The van der Waals surface area contributed by atoms with E-state index in [9.17, 15) is 46.4 Å². The molecule has 0 bridgehead atoms. The van der Waals surface area contributed by atoms with Gasteiger partial charge in [-0.15, -0.1) is 0 Å². The maximum absolute atomic E-state index is 12.4. The molecule has 0 fully saturated rings. The van der Waals surface area contributed by atoms with Gasteiger partial charge in [0.25, 0.3) is 10.1 Å². The predicted molar refractivity (Wildman–Crippen MR) is 197 cm³/mol. The number of hydrogen-bond donors (Lipinski definition) is 7. The summed E-state index contributed by atoms with van der Waals surface area (Å²) in [6.45, 7) is -0.881. The Morgan fingerprint density at radius 2 is 1.04 bits per heavy atom. The third kappa shape index (κ3) is 12.6. The van der Waals surface area contributed by atoms with Gasteiger partial charge in [0.2, 0.25) is 34.4 Å². The Balaban J connectivity index is 0.00000504. The van der Waals surface area contributed by atoms with Crippen LogP contribution in [0.5, 0.6) is 0 Å². The molecule has 0 aliphatic carbocycles. The first kappa shape index (κ1) is 44.0. The van der Waals surface area contributed by atoms with Crippen LogP contribution >= 0.6 is 23.2 Å². The second-order valence-corrected chi connectivity index (χ2v) is 13.8. The molecule has 0 unspecified atom stereocenters. The van der Waals surface area contributed by atoms with Crippen LogP contribution in [0.4, 0.5) is 35.2 Å². The zero-order valence-corrected chi connectivity index (χ0v) is 29.8. The third-order valence-corrected chi connectivity index (χ3v) is 8.91. The molecule has 2 aromatic carbocycles. The summed E-state index contributed by atoms with van der Waals surface area (Å²) in [6.07, 6.45) is 2.32. The van der Waals surface area contributed by atoms with Gasteiger partial charge < -0.3 is 45.4 Å². The minimum atomic E-state index is -5.12. The summed E-state index contributed by atoms with van der Waals surface area (Å²) in [5, 5.41) is 42.3. The molecule has 282 valence electrons. The number of aliphatic hydroxyl groups excluding tert-OH is 4. The molecule has 0 radical (unpaired) electrons. The quantitative estimate of drug-likeness (QED) is 0.0401. The van der Waals surface area contributed by atoms with Crippen LogP contribution < -0.4 is 20.4 Å². The summed E-state index contributed by atoms with van der Waals surface area (Å²) in [5.41, 5.74) is -0.122. The Bertz CT molecular complexity index is 1990. The molecule has 0 spiro atoms. The van der Waals surface area contributed by atoms with E-state index in [1.165, 1.54) is 40.1 Å². The van der Waals surface area contributed by atoms with Crippen LogP contribution in [0.1, 0.15) is 12.6 Å². The molecule has 2 heterocycles. The van der Waals surface area contributed by atoms with Crippen molar-refractivity contribution in [1.82, 2.24) is 29.9 Å². The maximum atomic E-state index is 12.4. The molecule has 0 aliphatic rings. The van der Waals surface area contributed by atoms with Crippen molar-refractivity contribution in [3.8, 4) is 0 Å². The number of hydrogen-bond acceptors (Lipinski definition) is 19. The molecule has 4 aromatic rings. The first-order valence-corrected chi connectivity index (χ1v) is 18.5. The van der Waals surface area contributed by atoms with Crippen molar-refractivity contribution in [2.75, 3.05) is 73.0 Å². The van der Waals surface area contributed by atoms with Gasteiger partial charge in [0.15, 0.2) is 0 Å². The van der Waals surface area contributed by atoms with Gasteiger partial charge in [0.1, 0.15) is 15.0 Å². The third-order valence-electron chi connectivity index (χ3n) is 6.77. The van der Waals surface area contributed by atoms with Gasteiger partial charge in [0, 0.05) is 37.6 Å². The first-order chi connectivity index (χ1) is 24.6. The molecule has 0 amide bonds. The molecule has 53 heavy (non-hydrogen) atoms. The van der Waals surface area contributed by atoms with Gasteiger partial charge in [-0.2, -0.15) is 38.3 Å².